The van der Waals surface area contributed by atoms with E-state index in [4.69, 9.17) is 4.74 Å². The Morgan fingerprint density at radius 3 is 2.42 bits per heavy atom. The molecule has 3 rings (SSSR count). The van der Waals surface area contributed by atoms with Gasteiger partial charge in [0.25, 0.3) is 0 Å². The Hall–Kier alpha value is -2.56. The largest absolute Gasteiger partial charge is 0.444 e. The zero-order chi connectivity index (χ0) is 23.0. The first-order valence-corrected chi connectivity index (χ1v) is 11.1. The van der Waals surface area contributed by atoms with Gasteiger partial charge in [0.05, 0.1) is 17.5 Å². The number of ether oxygens (including phenoxy) is 1. The number of piperazine rings is 1. The molecule has 2 fully saturated rings. The molecule has 5 nitrogen and oxygen atoms in total. The van der Waals surface area contributed by atoms with Gasteiger partial charge in [0.2, 0.25) is 5.91 Å². The van der Waals surface area contributed by atoms with Gasteiger partial charge in [-0.15, -0.1) is 13.2 Å². The second-order valence-corrected chi connectivity index (χ2v) is 9.94. The van der Waals surface area contributed by atoms with E-state index in [1.807, 2.05) is 48.8 Å². The van der Waals surface area contributed by atoms with Crippen LogP contribution >= 0.6 is 0 Å². The lowest BCUT2D eigenvalue weighted by atomic mass is 9.76. The van der Waals surface area contributed by atoms with Crippen LogP contribution in [0.25, 0.3) is 0 Å². The molecule has 2 saturated heterocycles. The zero-order valence-corrected chi connectivity index (χ0v) is 19.6. The molecule has 2 atom stereocenters. The monoisotopic (exact) mass is 424 g/mol. The minimum Gasteiger partial charge on any atom is -0.444 e. The SMILES string of the molecule is C=CCC1(CC=C)CC2[C@H](c3cccc(C)c3C)N(C(=O)OC(C)(C)C)CCN2C1=O. The van der Waals surface area contributed by atoms with Gasteiger partial charge in [-0.05, 0) is 70.6 Å². The Labute approximate surface area is 186 Å². The van der Waals surface area contributed by atoms with Gasteiger partial charge < -0.3 is 9.64 Å². The van der Waals surface area contributed by atoms with Crippen LogP contribution in [0.5, 0.6) is 0 Å². The van der Waals surface area contributed by atoms with Crippen molar-refractivity contribution >= 4 is 12.0 Å². The third-order valence-electron chi connectivity index (χ3n) is 6.66. The summed E-state index contributed by atoms with van der Waals surface area (Å²) in [5, 5.41) is 0. The van der Waals surface area contributed by atoms with Crippen molar-refractivity contribution in [1.82, 2.24) is 9.80 Å². The summed E-state index contributed by atoms with van der Waals surface area (Å²) in [5.41, 5.74) is 2.29. The molecular formula is C26H36N2O3. The molecule has 0 aliphatic carbocycles. The van der Waals surface area contributed by atoms with Gasteiger partial charge in [-0.2, -0.15) is 0 Å². The summed E-state index contributed by atoms with van der Waals surface area (Å²) in [6.07, 6.45) is 5.22. The number of aryl methyl sites for hydroxylation is 1. The molecule has 0 spiro atoms. The molecule has 2 aliphatic heterocycles. The minimum atomic E-state index is -0.582. The first-order valence-electron chi connectivity index (χ1n) is 11.1. The van der Waals surface area contributed by atoms with Crippen LogP contribution in [-0.2, 0) is 9.53 Å². The number of nitrogens with zero attached hydrogens (tertiary/aromatic N) is 2. The molecule has 1 aromatic rings. The summed E-state index contributed by atoms with van der Waals surface area (Å²) in [5.74, 6) is 0.149. The van der Waals surface area contributed by atoms with Gasteiger partial charge in [0.15, 0.2) is 0 Å². The maximum absolute atomic E-state index is 13.6. The van der Waals surface area contributed by atoms with Crippen LogP contribution in [0.2, 0.25) is 0 Å². The zero-order valence-electron chi connectivity index (χ0n) is 19.6. The molecule has 2 amide bonds. The van der Waals surface area contributed by atoms with E-state index in [1.54, 1.807) is 0 Å². The highest BCUT2D eigenvalue weighted by molar-refractivity contribution is 5.86. The van der Waals surface area contributed by atoms with Crippen molar-refractivity contribution in [3.8, 4) is 0 Å². The Morgan fingerprint density at radius 2 is 1.84 bits per heavy atom. The second-order valence-electron chi connectivity index (χ2n) is 9.94. The molecule has 0 radical (unpaired) electrons. The van der Waals surface area contributed by atoms with Gasteiger partial charge >= 0.3 is 6.09 Å². The number of hydrogen-bond acceptors (Lipinski definition) is 3. The highest BCUT2D eigenvalue weighted by Gasteiger charge is 2.56. The number of allylic oxidation sites excluding steroid dienone is 2. The Bertz CT molecular complexity index is 873. The Balaban J connectivity index is 2.09. The molecule has 2 heterocycles. The van der Waals surface area contributed by atoms with Crippen LogP contribution in [0.3, 0.4) is 0 Å². The van der Waals surface area contributed by atoms with Gasteiger partial charge in [0.1, 0.15) is 5.60 Å². The summed E-state index contributed by atoms with van der Waals surface area (Å²) in [6, 6.07) is 5.84. The molecule has 1 unspecified atom stereocenters. The van der Waals surface area contributed by atoms with Gasteiger partial charge in [-0.3, -0.25) is 9.69 Å². The lowest BCUT2D eigenvalue weighted by Crippen LogP contribution is -2.56. The molecule has 31 heavy (non-hydrogen) atoms. The number of benzene rings is 1. The van der Waals surface area contributed by atoms with E-state index in [1.165, 1.54) is 5.56 Å². The second kappa shape index (κ2) is 8.52. The standard InChI is InChI=1S/C26H36N2O3/c1-8-13-26(14-9-2)17-21-22(20-12-10-11-18(3)19(20)4)28(16-15-27(21)23(26)29)24(30)31-25(5,6)7/h8-12,21-22H,1-2,13-17H2,3-7H3/t21?,22-/m0/s1. The number of rotatable bonds is 5. The summed E-state index contributed by atoms with van der Waals surface area (Å²) in [7, 11) is 0. The summed E-state index contributed by atoms with van der Waals surface area (Å²) < 4.78 is 5.77. The Morgan fingerprint density at radius 1 is 1.19 bits per heavy atom. The van der Waals surface area contributed by atoms with Gasteiger partial charge in [0, 0.05) is 13.1 Å². The number of carbonyl (C=O) groups is 2. The van der Waals surface area contributed by atoms with E-state index in [0.717, 1.165) is 11.1 Å². The molecule has 0 N–H and O–H groups in total. The van der Waals surface area contributed by atoms with Gasteiger partial charge in [-0.1, -0.05) is 30.4 Å². The van der Waals surface area contributed by atoms with Gasteiger partial charge in [-0.25, -0.2) is 4.79 Å². The summed E-state index contributed by atoms with van der Waals surface area (Å²) in [4.78, 5) is 30.6. The van der Waals surface area contributed by atoms with Crippen molar-refractivity contribution in [2.45, 2.75) is 71.6 Å². The highest BCUT2D eigenvalue weighted by Crippen LogP contribution is 2.49. The highest BCUT2D eigenvalue weighted by atomic mass is 16.6. The molecule has 168 valence electrons. The van der Waals surface area contributed by atoms with E-state index in [9.17, 15) is 9.59 Å². The quantitative estimate of drug-likeness (QED) is 0.600. The number of amides is 2. The fourth-order valence-electron chi connectivity index (χ4n) is 5.14. The van der Waals surface area contributed by atoms with Crippen LogP contribution in [0, 0.1) is 19.3 Å². The molecule has 0 aromatic heterocycles. The van der Waals surface area contributed by atoms with Crippen LogP contribution in [0.4, 0.5) is 4.79 Å². The van der Waals surface area contributed by atoms with Crippen molar-refractivity contribution in [2.24, 2.45) is 5.41 Å². The lowest BCUT2D eigenvalue weighted by Gasteiger charge is -2.45. The Kier molecular flexibility index (Phi) is 6.35. The van der Waals surface area contributed by atoms with Crippen molar-refractivity contribution in [3.05, 3.63) is 60.2 Å². The van der Waals surface area contributed by atoms with Crippen LogP contribution < -0.4 is 0 Å². The van der Waals surface area contributed by atoms with Crippen molar-refractivity contribution < 1.29 is 14.3 Å². The first-order chi connectivity index (χ1) is 14.5. The average molecular weight is 425 g/mol. The lowest BCUT2D eigenvalue weighted by molar-refractivity contribution is -0.139. The van der Waals surface area contributed by atoms with Crippen molar-refractivity contribution in [3.63, 3.8) is 0 Å². The molecule has 2 aliphatic rings. The maximum Gasteiger partial charge on any atom is 0.410 e. The average Bonchev–Trinajstić information content (AvgIpc) is 2.95. The molecule has 0 saturated carbocycles. The van der Waals surface area contributed by atoms with Crippen molar-refractivity contribution in [2.75, 3.05) is 13.1 Å². The van der Waals surface area contributed by atoms with Crippen molar-refractivity contribution in [1.29, 1.82) is 0 Å². The first kappa shape index (κ1) is 23.1. The van der Waals surface area contributed by atoms with E-state index < -0.39 is 11.0 Å². The van der Waals surface area contributed by atoms with E-state index >= 15 is 0 Å². The maximum atomic E-state index is 13.6. The van der Waals surface area contributed by atoms with E-state index in [2.05, 4.69) is 39.1 Å². The summed E-state index contributed by atoms with van der Waals surface area (Å²) >= 11 is 0. The number of carbonyl (C=O) groups excluding carboxylic acids is 2. The molecular weight excluding hydrogens is 388 g/mol. The fraction of sp³-hybridized carbons (Fsp3) is 0.538. The third-order valence-corrected chi connectivity index (χ3v) is 6.66. The van der Waals surface area contributed by atoms with Crippen LogP contribution in [-0.4, -0.2) is 46.5 Å². The third kappa shape index (κ3) is 4.28. The fourth-order valence-corrected chi connectivity index (χ4v) is 5.14. The smallest absolute Gasteiger partial charge is 0.410 e. The van der Waals surface area contributed by atoms with E-state index in [0.29, 0.717) is 32.4 Å². The van der Waals surface area contributed by atoms with Crippen LogP contribution in [0.15, 0.2) is 43.5 Å². The normalized spacial score (nSPS) is 22.8. The predicted molar refractivity (Wildman–Crippen MR) is 124 cm³/mol. The molecule has 5 heteroatoms. The number of hydrogen-bond donors (Lipinski definition) is 0. The van der Waals surface area contributed by atoms with E-state index in [-0.39, 0.29) is 24.1 Å². The predicted octanol–water partition coefficient (Wildman–Crippen LogP) is 5.33. The van der Waals surface area contributed by atoms with Crippen LogP contribution in [0.1, 0.15) is 62.8 Å². The number of fused-ring (bicyclic) bond motifs is 1. The molecule has 1 aromatic carbocycles. The topological polar surface area (TPSA) is 49.9 Å². The molecule has 0 bridgehead atoms. The summed E-state index contributed by atoms with van der Waals surface area (Å²) in [6.45, 7) is 18.6. The minimum absolute atomic E-state index is 0.103.